The molecule has 2 fully saturated rings. The van der Waals surface area contributed by atoms with Crippen LogP contribution in [0.1, 0.15) is 55.0 Å². The zero-order valence-electron chi connectivity index (χ0n) is 45.4. The third-order valence-corrected chi connectivity index (χ3v) is 14.2. The molecule has 85 heavy (non-hydrogen) atoms. The highest BCUT2D eigenvalue weighted by Crippen LogP contribution is 2.44. The summed E-state index contributed by atoms with van der Waals surface area (Å²) in [6.45, 7) is 2.53. The highest BCUT2D eigenvalue weighted by atomic mass is 35.5. The van der Waals surface area contributed by atoms with Crippen molar-refractivity contribution >= 4 is 79.9 Å². The number of hydrogen-bond donors (Lipinski definition) is 7. The van der Waals surface area contributed by atoms with E-state index >= 15 is 0 Å². The van der Waals surface area contributed by atoms with Crippen molar-refractivity contribution in [3.8, 4) is 46.5 Å². The summed E-state index contributed by atoms with van der Waals surface area (Å²) in [5.41, 5.74) is 0.353. The van der Waals surface area contributed by atoms with Crippen LogP contribution in [-0.2, 0) is 14.4 Å². The van der Waals surface area contributed by atoms with Crippen molar-refractivity contribution in [3.05, 3.63) is 109 Å². The van der Waals surface area contributed by atoms with Gasteiger partial charge in [-0.15, -0.1) is 6.42 Å². The molecule has 454 valence electrons. The van der Waals surface area contributed by atoms with Gasteiger partial charge in [0.2, 0.25) is 17.7 Å². The first-order chi connectivity index (χ1) is 40.3. The fourth-order valence-electron chi connectivity index (χ4n) is 9.42. The van der Waals surface area contributed by atoms with Gasteiger partial charge in [-0.2, -0.15) is 26.3 Å². The molecule has 3 amide bonds. The number of nitrogens with zero attached hydrogens (tertiary/aromatic N) is 11. The van der Waals surface area contributed by atoms with Crippen molar-refractivity contribution in [2.45, 2.75) is 75.4 Å². The number of carbonyl (C=O) groups is 3. The third kappa shape index (κ3) is 13.3. The lowest BCUT2D eigenvalue weighted by Gasteiger charge is -2.35. The summed E-state index contributed by atoms with van der Waals surface area (Å²) in [6, 6.07) is 10.6. The molecule has 1 aliphatic carbocycles. The number of anilines is 3. The SMILES string of the molecule is C#CCNC(=O)C(C)(C)Nc1ccnc(-c2c[nH]c3ncc(Cl)cc23)n1.CC1(C(=O)NCC(F)(F)F)CCCN1c1nc(-c2c[nH]c3ncccc23)ncc1F.CN(c1nc(-c2c[nH]c3ncccc23)ncc1F)C1(C(=O)NCC(F)(F)F)CC1.[HH].[HH].[HH].[HH].[HH].[HH]. The monoisotopic (exact) mass is 1210 g/mol. The molecule has 7 N–H and O–H groups in total. The van der Waals surface area contributed by atoms with Gasteiger partial charge in [-0.25, -0.2) is 53.6 Å². The molecule has 2 aliphatic rings. The number of likely N-dealkylation sites (N-methyl/N-ethyl adjacent to an activating group) is 1. The molecule has 1 aliphatic heterocycles. The van der Waals surface area contributed by atoms with E-state index in [1.54, 1.807) is 87.6 Å². The minimum atomic E-state index is -4.54. The first-order valence-electron chi connectivity index (χ1n) is 25.9. The summed E-state index contributed by atoms with van der Waals surface area (Å²) in [6.07, 6.45) is 10.9. The zero-order chi connectivity index (χ0) is 61.1. The van der Waals surface area contributed by atoms with E-state index in [2.05, 4.69) is 76.4 Å². The predicted octanol–water partition coefficient (Wildman–Crippen LogP) is 10.1. The van der Waals surface area contributed by atoms with Crippen LogP contribution in [0.2, 0.25) is 5.02 Å². The van der Waals surface area contributed by atoms with E-state index in [1.807, 2.05) is 16.7 Å². The van der Waals surface area contributed by atoms with Crippen molar-refractivity contribution in [1.82, 2.24) is 75.8 Å². The van der Waals surface area contributed by atoms with Gasteiger partial charge in [-0.3, -0.25) is 14.4 Å². The Morgan fingerprint density at radius 2 is 1.27 bits per heavy atom. The highest BCUT2D eigenvalue weighted by Gasteiger charge is 2.55. The van der Waals surface area contributed by atoms with Gasteiger partial charge >= 0.3 is 12.4 Å². The van der Waals surface area contributed by atoms with Crippen LogP contribution in [0.5, 0.6) is 0 Å². The standard InChI is InChI=1S/C19H18F4N6O.C18H17ClN6O.C18H16F4N6O.6H2/c1-18(17(30)27-10-19(21,22)23)5-3-7-29(18)16-13(20)9-26-15(28-16)12-8-25-14-11(12)4-2-6-24-14;1-4-6-21-17(26)18(2,3)25-14-5-7-20-16(24-14)13-10-23-15-12(13)8-11(19)9-22-15;1-28(17(4-5-17)16(29)26-9-18(20,21)22)15-12(19)8-25-14(27-15)11-7-24-13-10(11)3-2-6-23-13;;;;;;/h2,4,6,8-9H,3,5,7,10H2,1H3,(H,24,25)(H,27,30);1,5,7-10H,6H2,2-3H3,(H,21,26)(H,22,23)(H,20,24,25);2-3,6-8H,4-5,9H2,1H3,(H,23,24)(H,26,29);6*1H. The van der Waals surface area contributed by atoms with Gasteiger partial charge in [0.05, 0.1) is 24.0 Å². The first kappa shape index (κ1) is 60.0. The van der Waals surface area contributed by atoms with Crippen LogP contribution in [0.4, 0.5) is 52.6 Å². The van der Waals surface area contributed by atoms with E-state index in [4.69, 9.17) is 18.0 Å². The number of alkyl halides is 6. The number of terminal acetylenes is 1. The third-order valence-electron chi connectivity index (χ3n) is 14.0. The topological polar surface area (TPSA) is 269 Å². The number of hydrogen-bond acceptors (Lipinski definition) is 15. The van der Waals surface area contributed by atoms with Crippen LogP contribution >= 0.6 is 11.6 Å². The van der Waals surface area contributed by atoms with Crippen LogP contribution < -0.4 is 31.1 Å². The lowest BCUT2D eigenvalue weighted by molar-refractivity contribution is -0.141. The molecule has 9 aromatic heterocycles. The average Bonchev–Trinajstić information content (AvgIpc) is 1.69. The summed E-state index contributed by atoms with van der Waals surface area (Å²) >= 11 is 6.04. The molecule has 0 bridgehead atoms. The summed E-state index contributed by atoms with van der Waals surface area (Å²) in [4.78, 5) is 86.9. The van der Waals surface area contributed by atoms with E-state index < -0.39 is 65.5 Å². The molecular formula is C55H63ClF8N18O3. The van der Waals surface area contributed by atoms with Crippen LogP contribution in [0.15, 0.2) is 92.2 Å². The van der Waals surface area contributed by atoms with Gasteiger partial charge in [0, 0.05) is 98.4 Å². The van der Waals surface area contributed by atoms with Crippen molar-refractivity contribution in [2.24, 2.45) is 0 Å². The van der Waals surface area contributed by atoms with Crippen molar-refractivity contribution < 1.29 is 58.1 Å². The van der Waals surface area contributed by atoms with E-state index in [9.17, 15) is 49.5 Å². The van der Waals surface area contributed by atoms with Gasteiger partial charge in [0.25, 0.3) is 0 Å². The molecule has 1 atom stereocenters. The molecule has 30 heteroatoms. The van der Waals surface area contributed by atoms with Gasteiger partial charge in [-0.1, -0.05) is 17.5 Å². The lowest BCUT2D eigenvalue weighted by atomic mass is 9.97. The molecule has 9 aromatic rings. The predicted molar refractivity (Wildman–Crippen MR) is 312 cm³/mol. The van der Waals surface area contributed by atoms with E-state index in [1.165, 1.54) is 23.8 Å². The number of aromatic nitrogens is 12. The van der Waals surface area contributed by atoms with Crippen molar-refractivity contribution in [3.63, 3.8) is 0 Å². The number of nitrogens with one attached hydrogen (secondary N) is 7. The Labute approximate surface area is 491 Å². The van der Waals surface area contributed by atoms with E-state index in [0.29, 0.717) is 64.0 Å². The smallest absolute Gasteiger partial charge is 0.356 e. The van der Waals surface area contributed by atoms with Crippen LogP contribution in [0.3, 0.4) is 0 Å². The minimum absolute atomic E-state index is 0. The van der Waals surface area contributed by atoms with Crippen LogP contribution in [0, 0.1) is 24.0 Å². The van der Waals surface area contributed by atoms with Crippen LogP contribution in [-0.4, -0.2) is 140 Å². The number of carbonyl (C=O) groups excluding carboxylic acids is 3. The zero-order valence-corrected chi connectivity index (χ0v) is 46.2. The summed E-state index contributed by atoms with van der Waals surface area (Å²) < 4.78 is 104. The molecule has 1 unspecified atom stereocenters. The molecule has 1 saturated carbocycles. The summed E-state index contributed by atoms with van der Waals surface area (Å²) in [7, 11) is 1.44. The Hall–Kier alpha value is -9.59. The first-order valence-corrected chi connectivity index (χ1v) is 26.3. The molecule has 21 nitrogen and oxygen atoms in total. The fourth-order valence-corrected chi connectivity index (χ4v) is 9.58. The number of H-pyrrole nitrogens is 3. The number of aromatic amines is 3. The quantitative estimate of drug-likeness (QED) is 0.0394. The molecule has 1 saturated heterocycles. The maximum Gasteiger partial charge on any atom is 0.405 e. The number of pyridine rings is 3. The Bertz CT molecular complexity index is 4020. The number of halogens is 9. The second kappa shape index (κ2) is 23.9. The second-order valence-electron chi connectivity index (χ2n) is 20.3. The summed E-state index contributed by atoms with van der Waals surface area (Å²) in [5, 5.41) is 12.4. The Morgan fingerprint density at radius 1 is 0.718 bits per heavy atom. The van der Waals surface area contributed by atoms with Gasteiger partial charge < -0.3 is 46.0 Å². The second-order valence-corrected chi connectivity index (χ2v) is 20.7. The minimum Gasteiger partial charge on any atom is -0.356 e. The van der Waals surface area contributed by atoms with Crippen molar-refractivity contribution in [1.29, 1.82) is 0 Å². The maximum atomic E-state index is 14.7. The number of amides is 3. The van der Waals surface area contributed by atoms with E-state index in [-0.39, 0.29) is 57.3 Å². The fraction of sp³-hybridized carbons (Fsp3) is 0.309. The normalized spacial score (nSPS) is 15.5. The van der Waals surface area contributed by atoms with Gasteiger partial charge in [0.1, 0.15) is 52.5 Å². The molecule has 0 spiro atoms. The van der Waals surface area contributed by atoms with Gasteiger partial charge in [-0.05, 0) is 82.9 Å². The molecule has 11 rings (SSSR count). The molecule has 0 radical (unpaired) electrons. The highest BCUT2D eigenvalue weighted by molar-refractivity contribution is 6.31. The molecular weight excluding hydrogens is 1150 g/mol. The number of fused-ring (bicyclic) bond motifs is 3. The van der Waals surface area contributed by atoms with Crippen molar-refractivity contribution in [2.75, 3.05) is 48.3 Å². The number of rotatable bonds is 14. The lowest BCUT2D eigenvalue weighted by Crippen LogP contribution is -2.55. The average molecular weight is 1210 g/mol. The molecule has 0 aromatic carbocycles. The Balaban J connectivity index is 0.000000346. The maximum absolute atomic E-state index is 14.7. The Morgan fingerprint density at radius 3 is 1.86 bits per heavy atom. The van der Waals surface area contributed by atoms with Crippen LogP contribution in [0.25, 0.3) is 67.3 Å². The largest absolute Gasteiger partial charge is 0.405 e. The Kier molecular flexibility index (Phi) is 16.9. The molecule has 10 heterocycles. The summed E-state index contributed by atoms with van der Waals surface area (Å²) in [5.74, 6) is 0.134. The van der Waals surface area contributed by atoms with Gasteiger partial charge in [0.15, 0.2) is 40.7 Å². The van der Waals surface area contributed by atoms with E-state index in [0.717, 1.165) is 34.1 Å².